The van der Waals surface area contributed by atoms with Gasteiger partial charge in [-0.05, 0) is 42.4 Å². The molecular weight excluding hydrogens is 388 g/mol. The van der Waals surface area contributed by atoms with Gasteiger partial charge in [-0.1, -0.05) is 42.8 Å². The Morgan fingerprint density at radius 3 is 2.62 bits per heavy atom. The topological polar surface area (TPSA) is 51.1 Å². The molecule has 0 saturated heterocycles. The summed E-state index contributed by atoms with van der Waals surface area (Å²) in [5, 5.41) is 1.05. The van der Waals surface area contributed by atoms with Crippen molar-refractivity contribution in [2.24, 2.45) is 5.41 Å². The second kappa shape index (κ2) is 6.46. The van der Waals surface area contributed by atoms with Gasteiger partial charge in [-0.2, -0.15) is 0 Å². The number of hydrogen-bond donors (Lipinski definition) is 1. The summed E-state index contributed by atoms with van der Waals surface area (Å²) < 4.78 is 30.0. The van der Waals surface area contributed by atoms with Crippen LogP contribution in [0.1, 0.15) is 39.2 Å². The fourth-order valence-corrected chi connectivity index (χ4v) is 4.73. The van der Waals surface area contributed by atoms with Gasteiger partial charge in [0.1, 0.15) is 0 Å². The predicted octanol–water partition coefficient (Wildman–Crippen LogP) is 4.07. The molecule has 2 aromatic rings. The lowest BCUT2D eigenvalue weighted by molar-refractivity contribution is 0.349. The highest BCUT2D eigenvalue weighted by Crippen LogP contribution is 2.29. The molecule has 1 aliphatic carbocycles. The smallest absolute Gasteiger partial charge is 0.214 e. The SMILES string of the molecule is CC(C)(C)Cn1cc(CCNS(=O)(=O)C2CC2)c2ccc(Br)cc21. The Balaban J connectivity index is 1.82. The van der Waals surface area contributed by atoms with E-state index in [1.54, 1.807) is 0 Å². The lowest BCUT2D eigenvalue weighted by Crippen LogP contribution is -2.29. The lowest BCUT2D eigenvalue weighted by atomic mass is 9.97. The summed E-state index contributed by atoms with van der Waals surface area (Å²) in [7, 11) is -3.10. The number of rotatable bonds is 6. The summed E-state index contributed by atoms with van der Waals surface area (Å²) in [5.74, 6) is 0. The first-order chi connectivity index (χ1) is 11.2. The van der Waals surface area contributed by atoms with Crippen molar-refractivity contribution < 1.29 is 8.42 Å². The third kappa shape index (κ3) is 4.21. The molecule has 3 rings (SSSR count). The molecule has 1 N–H and O–H groups in total. The standard InChI is InChI=1S/C18H25BrN2O2S/c1-18(2,3)12-21-11-13(16-7-4-14(19)10-17(16)21)8-9-20-24(22,23)15-5-6-15/h4,7,10-11,15,20H,5-6,8-9,12H2,1-3H3. The summed E-state index contributed by atoms with van der Waals surface area (Å²) >= 11 is 3.55. The molecule has 1 heterocycles. The summed E-state index contributed by atoms with van der Waals surface area (Å²) in [6.45, 7) is 8.05. The first-order valence-electron chi connectivity index (χ1n) is 8.41. The molecule has 0 unspecified atom stereocenters. The molecule has 132 valence electrons. The zero-order valence-corrected chi connectivity index (χ0v) is 16.9. The Hall–Kier alpha value is -0.850. The summed E-state index contributed by atoms with van der Waals surface area (Å²) in [6, 6.07) is 6.30. The quantitative estimate of drug-likeness (QED) is 0.776. The molecule has 24 heavy (non-hydrogen) atoms. The molecule has 1 aromatic heterocycles. The second-order valence-corrected chi connectivity index (χ2v) is 10.9. The average Bonchev–Trinajstić information content (AvgIpc) is 3.25. The van der Waals surface area contributed by atoms with Crippen molar-refractivity contribution >= 4 is 36.9 Å². The third-order valence-electron chi connectivity index (χ3n) is 4.23. The molecule has 4 nitrogen and oxygen atoms in total. The van der Waals surface area contributed by atoms with Gasteiger partial charge in [0, 0.05) is 34.7 Å². The molecule has 6 heteroatoms. The monoisotopic (exact) mass is 412 g/mol. The van der Waals surface area contributed by atoms with Gasteiger partial charge < -0.3 is 4.57 Å². The number of aromatic nitrogens is 1. The molecule has 0 atom stereocenters. The van der Waals surface area contributed by atoms with E-state index in [4.69, 9.17) is 0 Å². The van der Waals surface area contributed by atoms with Crippen LogP contribution >= 0.6 is 15.9 Å². The van der Waals surface area contributed by atoms with E-state index in [9.17, 15) is 8.42 Å². The Morgan fingerprint density at radius 1 is 1.29 bits per heavy atom. The molecule has 0 spiro atoms. The van der Waals surface area contributed by atoms with Crippen LogP contribution in [0.3, 0.4) is 0 Å². The van der Waals surface area contributed by atoms with E-state index >= 15 is 0 Å². The minimum absolute atomic E-state index is 0.157. The largest absolute Gasteiger partial charge is 0.347 e. The van der Waals surface area contributed by atoms with Crippen LogP contribution in [0.5, 0.6) is 0 Å². The van der Waals surface area contributed by atoms with Gasteiger partial charge in [-0.25, -0.2) is 13.1 Å². The van der Waals surface area contributed by atoms with E-state index < -0.39 is 10.0 Å². The maximum atomic E-state index is 12.0. The van der Waals surface area contributed by atoms with E-state index in [0.717, 1.165) is 23.9 Å². The van der Waals surface area contributed by atoms with E-state index in [1.807, 2.05) is 6.07 Å². The number of nitrogens with one attached hydrogen (secondary N) is 1. The van der Waals surface area contributed by atoms with E-state index in [2.05, 4.69) is 64.3 Å². The van der Waals surface area contributed by atoms with E-state index in [0.29, 0.717) is 13.0 Å². The molecule has 0 aliphatic heterocycles. The lowest BCUT2D eigenvalue weighted by Gasteiger charge is -2.19. The van der Waals surface area contributed by atoms with Crippen LogP contribution in [0.25, 0.3) is 10.9 Å². The van der Waals surface area contributed by atoms with Crippen LogP contribution in [0.15, 0.2) is 28.9 Å². The van der Waals surface area contributed by atoms with Crippen molar-refractivity contribution in [3.8, 4) is 0 Å². The van der Waals surface area contributed by atoms with Gasteiger partial charge >= 0.3 is 0 Å². The number of benzene rings is 1. The second-order valence-electron chi connectivity index (χ2n) is 7.89. The van der Waals surface area contributed by atoms with Crippen molar-refractivity contribution in [1.82, 2.24) is 9.29 Å². The van der Waals surface area contributed by atoms with Crippen molar-refractivity contribution in [2.45, 2.75) is 51.8 Å². The number of fused-ring (bicyclic) bond motifs is 1. The Bertz CT molecular complexity index is 846. The molecular formula is C18H25BrN2O2S. The van der Waals surface area contributed by atoms with Crippen molar-refractivity contribution in [3.05, 3.63) is 34.4 Å². The van der Waals surface area contributed by atoms with Crippen LogP contribution < -0.4 is 4.72 Å². The van der Waals surface area contributed by atoms with Crippen LogP contribution in [-0.2, 0) is 23.0 Å². The Kier molecular flexibility index (Phi) is 4.84. The molecule has 0 radical (unpaired) electrons. The minimum Gasteiger partial charge on any atom is -0.347 e. The fraction of sp³-hybridized carbons (Fsp3) is 0.556. The Labute approximate surface area is 152 Å². The number of sulfonamides is 1. The van der Waals surface area contributed by atoms with Crippen LogP contribution in [-0.4, -0.2) is 24.8 Å². The van der Waals surface area contributed by atoms with E-state index in [1.165, 1.54) is 16.5 Å². The van der Waals surface area contributed by atoms with Crippen LogP contribution in [0, 0.1) is 5.41 Å². The summed E-state index contributed by atoms with van der Waals surface area (Å²) in [6.07, 6.45) is 4.48. The summed E-state index contributed by atoms with van der Waals surface area (Å²) in [4.78, 5) is 0. The van der Waals surface area contributed by atoms with Crippen molar-refractivity contribution in [1.29, 1.82) is 0 Å². The molecule has 1 aromatic carbocycles. The van der Waals surface area contributed by atoms with Crippen molar-refractivity contribution in [3.63, 3.8) is 0 Å². The van der Waals surface area contributed by atoms with Crippen molar-refractivity contribution in [2.75, 3.05) is 6.54 Å². The first kappa shape index (κ1) is 18.0. The van der Waals surface area contributed by atoms with Gasteiger partial charge in [0.25, 0.3) is 0 Å². The Morgan fingerprint density at radius 2 is 2.00 bits per heavy atom. The van der Waals surface area contributed by atoms with Crippen LogP contribution in [0.4, 0.5) is 0 Å². The number of halogens is 1. The maximum absolute atomic E-state index is 12.0. The molecule has 0 bridgehead atoms. The number of hydrogen-bond acceptors (Lipinski definition) is 2. The van der Waals surface area contributed by atoms with E-state index in [-0.39, 0.29) is 10.7 Å². The minimum atomic E-state index is -3.10. The highest BCUT2D eigenvalue weighted by atomic mass is 79.9. The average molecular weight is 413 g/mol. The molecule has 0 amide bonds. The molecule has 1 fully saturated rings. The van der Waals surface area contributed by atoms with Crippen LogP contribution in [0.2, 0.25) is 0 Å². The normalized spacial score (nSPS) is 16.0. The predicted molar refractivity (Wildman–Crippen MR) is 103 cm³/mol. The van der Waals surface area contributed by atoms with Gasteiger partial charge in [-0.15, -0.1) is 0 Å². The highest BCUT2D eigenvalue weighted by molar-refractivity contribution is 9.10. The maximum Gasteiger partial charge on any atom is 0.214 e. The zero-order chi connectivity index (χ0) is 17.5. The van der Waals surface area contributed by atoms with Gasteiger partial charge in [0.15, 0.2) is 0 Å². The fourth-order valence-electron chi connectivity index (χ4n) is 3.01. The highest BCUT2D eigenvalue weighted by Gasteiger charge is 2.35. The number of nitrogens with zero attached hydrogens (tertiary/aromatic N) is 1. The third-order valence-corrected chi connectivity index (χ3v) is 6.68. The van der Waals surface area contributed by atoms with Gasteiger partial charge in [-0.3, -0.25) is 0 Å². The summed E-state index contributed by atoms with van der Waals surface area (Å²) in [5.41, 5.74) is 2.57. The molecule has 1 saturated carbocycles. The molecule has 1 aliphatic rings. The van der Waals surface area contributed by atoms with Gasteiger partial charge in [0.2, 0.25) is 10.0 Å². The first-order valence-corrected chi connectivity index (χ1v) is 10.8. The zero-order valence-electron chi connectivity index (χ0n) is 14.5. The van der Waals surface area contributed by atoms with Gasteiger partial charge in [0.05, 0.1) is 5.25 Å².